The molecule has 1 aromatic carbocycles. The van der Waals surface area contributed by atoms with Crippen LogP contribution in [0.25, 0.3) is 0 Å². The van der Waals surface area contributed by atoms with Gasteiger partial charge in [-0.15, -0.1) is 0 Å². The second-order valence-electron chi connectivity index (χ2n) is 9.41. The molecule has 8 nitrogen and oxygen atoms in total. The summed E-state index contributed by atoms with van der Waals surface area (Å²) in [6.07, 6.45) is 1.88. The van der Waals surface area contributed by atoms with Crippen molar-refractivity contribution in [3.8, 4) is 17.6 Å². The standard InChI is InChI=1S/C25H38N2O6S/c1-19-15-27(20(2)18-28)34(29,30)25-8-7-21(6-5-11-31-4)14-23(25)33-24(19)17-26(3)16-22-9-12-32-13-10-22/h7-8,14,19-20,22,24,28H,9-13,15-18H2,1-4H3/t19-,20-,24-/m0/s1. The molecule has 0 aromatic heterocycles. The maximum atomic E-state index is 13.5. The van der Waals surface area contributed by atoms with Gasteiger partial charge in [-0.05, 0) is 50.9 Å². The monoisotopic (exact) mass is 494 g/mol. The largest absolute Gasteiger partial charge is 0.487 e. The van der Waals surface area contributed by atoms with Crippen LogP contribution in [0.4, 0.5) is 0 Å². The molecule has 0 radical (unpaired) electrons. The van der Waals surface area contributed by atoms with Gasteiger partial charge >= 0.3 is 0 Å². The van der Waals surface area contributed by atoms with Crippen molar-refractivity contribution in [2.24, 2.45) is 11.8 Å². The third-order valence-corrected chi connectivity index (χ3v) is 8.54. The summed E-state index contributed by atoms with van der Waals surface area (Å²) < 4.78 is 45.4. The normalized spacial score (nSPS) is 24.3. The van der Waals surface area contributed by atoms with E-state index in [4.69, 9.17) is 14.2 Å². The molecule has 0 unspecified atom stereocenters. The Balaban J connectivity index is 1.92. The van der Waals surface area contributed by atoms with E-state index >= 15 is 0 Å². The summed E-state index contributed by atoms with van der Waals surface area (Å²) in [5.74, 6) is 6.70. The molecule has 0 saturated carbocycles. The van der Waals surface area contributed by atoms with E-state index in [-0.39, 0.29) is 36.7 Å². The second-order valence-corrected chi connectivity index (χ2v) is 11.3. The fourth-order valence-corrected chi connectivity index (χ4v) is 6.31. The Kier molecular flexibility index (Phi) is 9.77. The highest BCUT2D eigenvalue weighted by Crippen LogP contribution is 2.34. The second kappa shape index (κ2) is 12.3. The minimum atomic E-state index is -3.86. The average Bonchev–Trinajstić information content (AvgIpc) is 2.81. The lowest BCUT2D eigenvalue weighted by atomic mass is 9.98. The van der Waals surface area contributed by atoms with Crippen LogP contribution in [-0.4, -0.2) is 95.1 Å². The van der Waals surface area contributed by atoms with E-state index in [1.165, 1.54) is 4.31 Å². The Labute approximate surface area is 204 Å². The van der Waals surface area contributed by atoms with E-state index in [0.717, 1.165) is 32.6 Å². The summed E-state index contributed by atoms with van der Waals surface area (Å²) in [5, 5.41) is 9.79. The van der Waals surface area contributed by atoms with Gasteiger partial charge in [-0.1, -0.05) is 18.8 Å². The Hall–Kier alpha value is -1.67. The minimum Gasteiger partial charge on any atom is -0.487 e. The molecule has 34 heavy (non-hydrogen) atoms. The zero-order valence-corrected chi connectivity index (χ0v) is 21.5. The number of hydrogen-bond donors (Lipinski definition) is 1. The number of aliphatic hydroxyl groups is 1. The van der Waals surface area contributed by atoms with Gasteiger partial charge in [-0.2, -0.15) is 4.31 Å². The molecule has 3 rings (SSSR count). The summed E-state index contributed by atoms with van der Waals surface area (Å²) in [6, 6.07) is 4.39. The fourth-order valence-electron chi connectivity index (χ4n) is 4.48. The van der Waals surface area contributed by atoms with E-state index in [2.05, 4.69) is 23.8 Å². The van der Waals surface area contributed by atoms with Crippen LogP contribution in [0.1, 0.15) is 32.3 Å². The number of likely N-dealkylation sites (N-methyl/N-ethyl adjacent to an activating group) is 1. The number of hydrogen-bond acceptors (Lipinski definition) is 7. The zero-order chi connectivity index (χ0) is 24.7. The number of aliphatic hydroxyl groups excluding tert-OH is 1. The Morgan fingerprint density at radius 2 is 2.03 bits per heavy atom. The molecule has 0 bridgehead atoms. The number of methoxy groups -OCH3 is 1. The van der Waals surface area contributed by atoms with Crippen LogP contribution in [0, 0.1) is 23.7 Å². The first-order valence-electron chi connectivity index (χ1n) is 11.9. The van der Waals surface area contributed by atoms with Crippen molar-refractivity contribution in [3.05, 3.63) is 23.8 Å². The molecule has 3 atom stereocenters. The molecule has 0 aliphatic carbocycles. The first kappa shape index (κ1) is 26.9. The Morgan fingerprint density at radius 3 is 2.71 bits per heavy atom. The highest BCUT2D eigenvalue weighted by atomic mass is 32.2. The molecule has 190 valence electrons. The van der Waals surface area contributed by atoms with Crippen molar-refractivity contribution in [1.29, 1.82) is 0 Å². The summed E-state index contributed by atoms with van der Waals surface area (Å²) in [4.78, 5) is 2.38. The molecule has 0 amide bonds. The van der Waals surface area contributed by atoms with Crippen LogP contribution in [0.2, 0.25) is 0 Å². The van der Waals surface area contributed by atoms with Gasteiger partial charge in [0.1, 0.15) is 23.4 Å². The maximum Gasteiger partial charge on any atom is 0.247 e. The quantitative estimate of drug-likeness (QED) is 0.579. The molecular formula is C25H38N2O6S. The lowest BCUT2D eigenvalue weighted by Gasteiger charge is -2.38. The predicted molar refractivity (Wildman–Crippen MR) is 130 cm³/mol. The highest BCUT2D eigenvalue weighted by Gasteiger charge is 2.38. The number of rotatable bonds is 7. The van der Waals surface area contributed by atoms with Crippen LogP contribution in [-0.2, 0) is 19.5 Å². The summed E-state index contributed by atoms with van der Waals surface area (Å²) in [7, 11) is -0.195. The van der Waals surface area contributed by atoms with Crippen LogP contribution in [0.5, 0.6) is 5.75 Å². The summed E-state index contributed by atoms with van der Waals surface area (Å²) in [6.45, 7) is 7.26. The molecule has 1 N–H and O–H groups in total. The first-order chi connectivity index (χ1) is 16.3. The molecule has 2 aliphatic heterocycles. The van der Waals surface area contributed by atoms with Gasteiger partial charge in [0.25, 0.3) is 0 Å². The van der Waals surface area contributed by atoms with Crippen molar-refractivity contribution in [2.45, 2.75) is 43.7 Å². The van der Waals surface area contributed by atoms with Crippen LogP contribution < -0.4 is 4.74 Å². The van der Waals surface area contributed by atoms with Gasteiger partial charge in [0.15, 0.2) is 0 Å². The van der Waals surface area contributed by atoms with Gasteiger partial charge in [-0.3, -0.25) is 0 Å². The van der Waals surface area contributed by atoms with Crippen LogP contribution in [0.15, 0.2) is 23.1 Å². The predicted octanol–water partition coefficient (Wildman–Crippen LogP) is 1.81. The van der Waals surface area contributed by atoms with E-state index in [1.54, 1.807) is 32.2 Å². The fraction of sp³-hybridized carbons (Fsp3) is 0.680. The van der Waals surface area contributed by atoms with Crippen molar-refractivity contribution in [3.63, 3.8) is 0 Å². The summed E-state index contributed by atoms with van der Waals surface area (Å²) >= 11 is 0. The van der Waals surface area contributed by atoms with Gasteiger partial charge in [0.2, 0.25) is 10.0 Å². The SMILES string of the molecule is COCC#Cc1ccc2c(c1)O[C@@H](CN(C)CC1CCOCC1)[C@@H](C)CN([C@@H](C)CO)S2(=O)=O. The topological polar surface area (TPSA) is 88.5 Å². The van der Waals surface area contributed by atoms with Crippen LogP contribution >= 0.6 is 0 Å². The number of fused-ring (bicyclic) bond motifs is 1. The highest BCUT2D eigenvalue weighted by molar-refractivity contribution is 7.89. The first-order valence-corrected chi connectivity index (χ1v) is 13.4. The molecule has 9 heteroatoms. The lowest BCUT2D eigenvalue weighted by molar-refractivity contribution is 0.0402. The molecule has 2 heterocycles. The molecule has 1 fully saturated rings. The van der Waals surface area contributed by atoms with E-state index < -0.39 is 16.1 Å². The van der Waals surface area contributed by atoms with E-state index in [0.29, 0.717) is 23.8 Å². The zero-order valence-electron chi connectivity index (χ0n) is 20.7. The van der Waals surface area contributed by atoms with Crippen LogP contribution in [0.3, 0.4) is 0 Å². The summed E-state index contributed by atoms with van der Waals surface area (Å²) in [5.41, 5.74) is 0.662. The van der Waals surface area contributed by atoms with Crippen molar-refractivity contribution < 1.29 is 27.7 Å². The molecule has 2 aliphatic rings. The van der Waals surface area contributed by atoms with Gasteiger partial charge in [0, 0.05) is 57.5 Å². The molecule has 1 saturated heterocycles. The third kappa shape index (κ3) is 6.72. The molecule has 0 spiro atoms. The number of sulfonamides is 1. The van der Waals surface area contributed by atoms with Crippen molar-refractivity contribution in [2.75, 3.05) is 60.2 Å². The number of nitrogens with zero attached hydrogens (tertiary/aromatic N) is 2. The van der Waals surface area contributed by atoms with E-state index in [1.807, 2.05) is 6.92 Å². The maximum absolute atomic E-state index is 13.5. The lowest BCUT2D eigenvalue weighted by Crippen LogP contribution is -2.50. The van der Waals surface area contributed by atoms with Gasteiger partial charge in [-0.25, -0.2) is 8.42 Å². The van der Waals surface area contributed by atoms with Crippen molar-refractivity contribution >= 4 is 10.0 Å². The third-order valence-electron chi connectivity index (χ3n) is 6.52. The van der Waals surface area contributed by atoms with Crippen molar-refractivity contribution in [1.82, 2.24) is 9.21 Å². The number of benzene rings is 1. The minimum absolute atomic E-state index is 0.0858. The molecule has 1 aromatic rings. The van der Waals surface area contributed by atoms with Gasteiger partial charge in [0.05, 0.1) is 6.61 Å². The average molecular weight is 495 g/mol. The van der Waals surface area contributed by atoms with E-state index in [9.17, 15) is 13.5 Å². The smallest absolute Gasteiger partial charge is 0.247 e. The Morgan fingerprint density at radius 1 is 1.29 bits per heavy atom. The molecular weight excluding hydrogens is 456 g/mol. The van der Waals surface area contributed by atoms with Gasteiger partial charge < -0.3 is 24.2 Å². The number of ether oxygens (including phenoxy) is 3. The Bertz CT molecular complexity index is 967.